The van der Waals surface area contributed by atoms with Crippen molar-refractivity contribution in [2.45, 2.75) is 114 Å². The van der Waals surface area contributed by atoms with Crippen LogP contribution in [0.4, 0.5) is 28.9 Å². The summed E-state index contributed by atoms with van der Waals surface area (Å²) in [4.78, 5) is 34.2. The summed E-state index contributed by atoms with van der Waals surface area (Å²) in [7, 11) is 0. The Bertz CT molecular complexity index is 1500. The number of amides is 2. The third kappa shape index (κ3) is 7.13. The van der Waals surface area contributed by atoms with Crippen LogP contribution in [0, 0.1) is 34.1 Å². The number of benzene rings is 2. The van der Waals surface area contributed by atoms with Gasteiger partial charge in [-0.1, -0.05) is 12.1 Å². The van der Waals surface area contributed by atoms with Crippen LogP contribution in [0.15, 0.2) is 36.4 Å². The summed E-state index contributed by atoms with van der Waals surface area (Å²) in [6.45, 7) is 3.67. The molecule has 2 spiro atoms. The van der Waals surface area contributed by atoms with E-state index in [0.717, 1.165) is 115 Å². The number of aliphatic hydroxyl groups is 2. The van der Waals surface area contributed by atoms with Gasteiger partial charge in [0.2, 0.25) is 11.8 Å². The van der Waals surface area contributed by atoms with Gasteiger partial charge in [-0.05, 0) is 114 Å². The molecule has 6 aliphatic rings. The van der Waals surface area contributed by atoms with Crippen molar-refractivity contribution in [1.29, 1.82) is 0 Å². The van der Waals surface area contributed by atoms with Crippen LogP contribution >= 0.6 is 0 Å². The van der Waals surface area contributed by atoms with Gasteiger partial charge in [-0.25, -0.2) is 17.6 Å². The van der Waals surface area contributed by atoms with E-state index in [1.807, 2.05) is 19.6 Å². The lowest BCUT2D eigenvalue weighted by atomic mass is 9.78. The first-order valence-electron chi connectivity index (χ1n) is 19.4. The normalized spacial score (nSPS) is 32.5. The summed E-state index contributed by atoms with van der Waals surface area (Å²) < 4.78 is 55.7. The van der Waals surface area contributed by atoms with E-state index < -0.39 is 34.1 Å². The minimum atomic E-state index is -0.845. The molecule has 0 bridgehead atoms. The molecule has 0 unspecified atom stereocenters. The zero-order valence-electron chi connectivity index (χ0n) is 29.9. The van der Waals surface area contributed by atoms with Gasteiger partial charge in [-0.2, -0.15) is 0 Å². The van der Waals surface area contributed by atoms with Crippen molar-refractivity contribution in [3.63, 3.8) is 0 Å². The molecule has 2 aromatic carbocycles. The minimum absolute atomic E-state index is 0.167. The predicted molar refractivity (Wildman–Crippen MR) is 190 cm³/mol. The van der Waals surface area contributed by atoms with Crippen molar-refractivity contribution in [3.05, 3.63) is 59.7 Å². The Kier molecular flexibility index (Phi) is 10.8. The molecule has 4 heterocycles. The van der Waals surface area contributed by atoms with Crippen LogP contribution in [0.25, 0.3) is 0 Å². The maximum absolute atomic E-state index is 14.2. The van der Waals surface area contributed by atoms with Crippen molar-refractivity contribution in [2.24, 2.45) is 10.8 Å². The fraction of sp³-hybridized carbons (Fsp3) is 0.650. The average Bonchev–Trinajstić information content (AvgIpc) is 3.62. The number of aliphatic hydroxyl groups excluding tert-OH is 2. The quantitative estimate of drug-likeness (QED) is 0.367. The summed E-state index contributed by atoms with van der Waals surface area (Å²) >= 11 is 0. The number of carbonyl (C=O) groups is 2. The lowest BCUT2D eigenvalue weighted by molar-refractivity contribution is -0.140. The number of halogens is 4. The van der Waals surface area contributed by atoms with Crippen molar-refractivity contribution in [3.8, 4) is 0 Å². The lowest BCUT2D eigenvalue weighted by Crippen LogP contribution is -2.50. The molecule has 284 valence electrons. The fourth-order valence-corrected chi connectivity index (χ4v) is 10.0. The van der Waals surface area contributed by atoms with Gasteiger partial charge < -0.3 is 29.8 Å². The van der Waals surface area contributed by atoms with Crippen LogP contribution in [0.1, 0.15) is 89.9 Å². The summed E-state index contributed by atoms with van der Waals surface area (Å²) in [5.41, 5.74) is -0.438. The molecule has 2 saturated carbocycles. The molecule has 2 aliphatic carbocycles. The highest BCUT2D eigenvalue weighted by Crippen LogP contribution is 2.45. The van der Waals surface area contributed by atoms with Crippen molar-refractivity contribution >= 4 is 23.2 Å². The molecule has 2 aromatic rings. The summed E-state index contributed by atoms with van der Waals surface area (Å²) in [6.07, 6.45) is 10.7. The minimum Gasteiger partial charge on any atom is -0.393 e. The van der Waals surface area contributed by atoms with E-state index in [0.29, 0.717) is 26.2 Å². The molecule has 8 rings (SSSR count). The van der Waals surface area contributed by atoms with Gasteiger partial charge in [0.1, 0.15) is 0 Å². The van der Waals surface area contributed by atoms with Gasteiger partial charge in [0, 0.05) is 51.4 Å². The number of nitrogens with zero attached hydrogens (tertiary/aromatic N) is 4. The number of hydrogen-bond acceptors (Lipinski definition) is 6. The summed E-state index contributed by atoms with van der Waals surface area (Å²) in [5.74, 6) is -3.01. The second-order valence-corrected chi connectivity index (χ2v) is 16.2. The topological polar surface area (TPSA) is 87.6 Å². The lowest BCUT2D eigenvalue weighted by Gasteiger charge is -2.41. The second kappa shape index (κ2) is 15.2. The van der Waals surface area contributed by atoms with Crippen LogP contribution in [0.2, 0.25) is 0 Å². The van der Waals surface area contributed by atoms with Gasteiger partial charge in [-0.3, -0.25) is 9.59 Å². The number of piperidine rings is 2. The van der Waals surface area contributed by atoms with E-state index in [-0.39, 0.29) is 47.5 Å². The number of rotatable bonds is 4. The number of carbonyl (C=O) groups excluding carboxylic acids is 2. The van der Waals surface area contributed by atoms with Gasteiger partial charge in [-0.15, -0.1) is 0 Å². The first-order chi connectivity index (χ1) is 25.0. The molecule has 0 radical (unpaired) electrons. The molecule has 4 aliphatic heterocycles. The summed E-state index contributed by atoms with van der Waals surface area (Å²) in [6, 6.07) is 8.90. The standard InChI is InChI=1S/2C20H26F2N2O2/c2*21-16-3-1-4-17(18(16)22)23-11-2-9-20(13-23)10-12-24(19(20)26)14-5-7-15(25)8-6-14/h2*1,3-4,14-15,25H,2,5-13H2/t2*14?,15?,20-/m11/s1. The zero-order chi connectivity index (χ0) is 36.6. The Labute approximate surface area is 303 Å². The Balaban J connectivity index is 0.000000162. The van der Waals surface area contributed by atoms with Crippen LogP contribution in [0.3, 0.4) is 0 Å². The molecular weight excluding hydrogens is 676 g/mol. The highest BCUT2D eigenvalue weighted by molar-refractivity contribution is 5.87. The summed E-state index contributed by atoms with van der Waals surface area (Å²) in [5, 5.41) is 19.4. The highest BCUT2D eigenvalue weighted by atomic mass is 19.2. The van der Waals surface area contributed by atoms with E-state index in [2.05, 4.69) is 0 Å². The Morgan fingerprint density at radius 1 is 0.538 bits per heavy atom. The Morgan fingerprint density at radius 3 is 1.31 bits per heavy atom. The molecule has 2 amide bonds. The fourth-order valence-electron chi connectivity index (χ4n) is 10.0. The number of hydrogen-bond donors (Lipinski definition) is 2. The SMILES string of the molecule is O=C1N(C2CCC(O)CC2)CC[C@@]12CCCN(c1cccc(F)c1F)C2.O=C1N(C2CCC(O)CC2)CC[C@@]12CCCN(c1cccc(F)c1F)C2. The second-order valence-electron chi connectivity index (χ2n) is 16.2. The van der Waals surface area contributed by atoms with Gasteiger partial charge in [0.25, 0.3) is 0 Å². The monoisotopic (exact) mass is 728 g/mol. The Morgan fingerprint density at radius 2 is 0.923 bits per heavy atom. The zero-order valence-corrected chi connectivity index (χ0v) is 29.9. The van der Waals surface area contributed by atoms with E-state index in [9.17, 15) is 37.4 Å². The molecule has 0 aromatic heterocycles. The van der Waals surface area contributed by atoms with Crippen LogP contribution < -0.4 is 9.80 Å². The molecule has 4 saturated heterocycles. The van der Waals surface area contributed by atoms with Crippen LogP contribution in [0.5, 0.6) is 0 Å². The van der Waals surface area contributed by atoms with Gasteiger partial charge >= 0.3 is 0 Å². The van der Waals surface area contributed by atoms with Crippen molar-refractivity contribution < 1.29 is 37.4 Å². The van der Waals surface area contributed by atoms with E-state index >= 15 is 0 Å². The van der Waals surface area contributed by atoms with E-state index in [1.54, 1.807) is 12.1 Å². The third-order valence-corrected chi connectivity index (χ3v) is 13.0. The third-order valence-electron chi connectivity index (χ3n) is 13.0. The smallest absolute Gasteiger partial charge is 0.230 e. The molecule has 2 atom stereocenters. The van der Waals surface area contributed by atoms with E-state index in [4.69, 9.17) is 0 Å². The van der Waals surface area contributed by atoms with Crippen molar-refractivity contribution in [2.75, 3.05) is 49.1 Å². The maximum atomic E-state index is 14.2. The molecule has 6 fully saturated rings. The predicted octanol–water partition coefficient (Wildman–Crippen LogP) is 6.17. The van der Waals surface area contributed by atoms with Gasteiger partial charge in [0.15, 0.2) is 23.3 Å². The van der Waals surface area contributed by atoms with E-state index in [1.165, 1.54) is 12.1 Å². The first kappa shape index (κ1) is 37.0. The highest BCUT2D eigenvalue weighted by Gasteiger charge is 2.52. The molecule has 52 heavy (non-hydrogen) atoms. The molecule has 2 N–H and O–H groups in total. The Hall–Kier alpha value is -3.38. The van der Waals surface area contributed by atoms with Crippen molar-refractivity contribution in [1.82, 2.24) is 9.80 Å². The largest absolute Gasteiger partial charge is 0.393 e. The first-order valence-corrected chi connectivity index (χ1v) is 19.4. The van der Waals surface area contributed by atoms with Gasteiger partial charge in [0.05, 0.1) is 34.4 Å². The van der Waals surface area contributed by atoms with Crippen LogP contribution in [-0.4, -0.2) is 95.4 Å². The average molecular weight is 729 g/mol. The molecule has 8 nitrogen and oxygen atoms in total. The number of anilines is 2. The maximum Gasteiger partial charge on any atom is 0.230 e. The number of likely N-dealkylation sites (tertiary alicyclic amines) is 2. The molecular formula is C40H52F4N4O4. The molecule has 12 heteroatoms. The van der Waals surface area contributed by atoms with Crippen LogP contribution in [-0.2, 0) is 9.59 Å².